The molecular formula is C19H27N3O4S. The number of amides is 1. The van der Waals surface area contributed by atoms with Crippen LogP contribution in [-0.2, 0) is 14.3 Å². The number of anilines is 2. The fourth-order valence-electron chi connectivity index (χ4n) is 2.72. The molecule has 0 saturated carbocycles. The van der Waals surface area contributed by atoms with E-state index in [-0.39, 0.29) is 11.0 Å². The second kappa shape index (κ2) is 10.2. The highest BCUT2D eigenvalue weighted by atomic mass is 32.1. The highest BCUT2D eigenvalue weighted by Crippen LogP contribution is 2.28. The summed E-state index contributed by atoms with van der Waals surface area (Å²) in [5, 5.41) is 5.96. The molecule has 0 bridgehead atoms. The predicted molar refractivity (Wildman–Crippen MR) is 109 cm³/mol. The van der Waals surface area contributed by atoms with Crippen LogP contribution in [0.3, 0.4) is 0 Å². The zero-order chi connectivity index (χ0) is 19.8. The van der Waals surface area contributed by atoms with E-state index < -0.39 is 5.97 Å². The first-order valence-corrected chi connectivity index (χ1v) is 9.47. The molecule has 0 aliphatic carbocycles. The normalized spacial score (nSPS) is 14.0. The van der Waals surface area contributed by atoms with Gasteiger partial charge in [0.2, 0.25) is 5.91 Å². The van der Waals surface area contributed by atoms with Crippen LogP contribution >= 0.6 is 12.2 Å². The van der Waals surface area contributed by atoms with Gasteiger partial charge in [0.15, 0.2) is 5.11 Å². The monoisotopic (exact) mass is 393 g/mol. The molecule has 148 valence electrons. The number of methoxy groups -OCH3 is 1. The van der Waals surface area contributed by atoms with Gasteiger partial charge >= 0.3 is 5.97 Å². The Hall–Kier alpha value is -2.19. The van der Waals surface area contributed by atoms with Gasteiger partial charge in [0.1, 0.15) is 0 Å². The number of rotatable bonds is 6. The van der Waals surface area contributed by atoms with Crippen molar-refractivity contribution in [1.82, 2.24) is 5.32 Å². The van der Waals surface area contributed by atoms with Crippen LogP contribution in [0.1, 0.15) is 37.0 Å². The number of hydrogen-bond donors (Lipinski definition) is 2. The Balaban J connectivity index is 2.14. The molecule has 0 unspecified atom stereocenters. The van der Waals surface area contributed by atoms with E-state index in [2.05, 4.69) is 29.4 Å². The lowest BCUT2D eigenvalue weighted by molar-refractivity contribution is -0.119. The number of ether oxygens (including phenoxy) is 2. The Morgan fingerprint density at radius 3 is 2.63 bits per heavy atom. The number of morpholine rings is 1. The van der Waals surface area contributed by atoms with E-state index in [0.29, 0.717) is 36.8 Å². The maximum atomic E-state index is 12.0. The number of hydrogen-bond acceptors (Lipinski definition) is 6. The van der Waals surface area contributed by atoms with Crippen LogP contribution in [0.25, 0.3) is 0 Å². The van der Waals surface area contributed by atoms with E-state index in [1.807, 2.05) is 6.07 Å². The molecule has 8 heteroatoms. The minimum Gasteiger partial charge on any atom is -0.465 e. The van der Waals surface area contributed by atoms with Crippen molar-refractivity contribution in [3.05, 3.63) is 23.8 Å². The van der Waals surface area contributed by atoms with Crippen molar-refractivity contribution in [3.8, 4) is 0 Å². The molecule has 1 fully saturated rings. The highest BCUT2D eigenvalue weighted by molar-refractivity contribution is 7.80. The van der Waals surface area contributed by atoms with Crippen LogP contribution in [-0.4, -0.2) is 50.4 Å². The molecule has 0 aromatic heterocycles. The summed E-state index contributed by atoms with van der Waals surface area (Å²) in [6, 6.07) is 5.25. The quantitative estimate of drug-likeness (QED) is 0.568. The molecular weight excluding hydrogens is 366 g/mol. The zero-order valence-electron chi connectivity index (χ0n) is 16.0. The predicted octanol–water partition coefficient (Wildman–Crippen LogP) is 2.56. The second-order valence-electron chi connectivity index (χ2n) is 6.76. The largest absolute Gasteiger partial charge is 0.465 e. The number of carbonyl (C=O) groups excluding carboxylic acids is 2. The molecule has 27 heavy (non-hydrogen) atoms. The Bertz CT molecular complexity index is 688. The standard InChI is InChI=1S/C19H27N3O4S/c1-13(2)4-7-17(23)21-19(27)20-15-12-14(18(24)25-3)5-6-16(15)22-8-10-26-11-9-22/h5-6,12-13H,4,7-11H2,1-3H3,(H2,20,21,23,27). The van der Waals surface area contributed by atoms with Gasteiger partial charge in [-0.05, 0) is 42.8 Å². The van der Waals surface area contributed by atoms with Crippen molar-refractivity contribution in [2.75, 3.05) is 43.6 Å². The average Bonchev–Trinajstić information content (AvgIpc) is 2.66. The first kappa shape index (κ1) is 21.1. The van der Waals surface area contributed by atoms with E-state index in [4.69, 9.17) is 21.7 Å². The van der Waals surface area contributed by atoms with E-state index in [1.165, 1.54) is 7.11 Å². The fourth-order valence-corrected chi connectivity index (χ4v) is 2.95. The molecule has 0 atom stereocenters. The minimum absolute atomic E-state index is 0.127. The van der Waals surface area contributed by atoms with Gasteiger partial charge in [-0.1, -0.05) is 13.8 Å². The fraction of sp³-hybridized carbons (Fsp3) is 0.526. The topological polar surface area (TPSA) is 79.9 Å². The molecule has 0 spiro atoms. The summed E-state index contributed by atoms with van der Waals surface area (Å²) in [6.07, 6.45) is 1.21. The summed E-state index contributed by atoms with van der Waals surface area (Å²) in [4.78, 5) is 26.0. The molecule has 1 aliphatic rings. The molecule has 1 amide bonds. The summed E-state index contributed by atoms with van der Waals surface area (Å²) in [6.45, 7) is 6.87. The summed E-state index contributed by atoms with van der Waals surface area (Å²) < 4.78 is 10.2. The second-order valence-corrected chi connectivity index (χ2v) is 7.17. The Labute approximate surface area is 165 Å². The summed E-state index contributed by atoms with van der Waals surface area (Å²) in [5.41, 5.74) is 1.95. The third-order valence-electron chi connectivity index (χ3n) is 4.22. The smallest absolute Gasteiger partial charge is 0.337 e. The van der Waals surface area contributed by atoms with E-state index in [1.54, 1.807) is 12.1 Å². The Kier molecular flexibility index (Phi) is 7.99. The van der Waals surface area contributed by atoms with Crippen LogP contribution in [0.15, 0.2) is 18.2 Å². The van der Waals surface area contributed by atoms with Crippen molar-refractivity contribution in [3.63, 3.8) is 0 Å². The molecule has 1 aromatic carbocycles. The van der Waals surface area contributed by atoms with Gasteiger partial charge in [-0.15, -0.1) is 0 Å². The molecule has 7 nitrogen and oxygen atoms in total. The van der Waals surface area contributed by atoms with Gasteiger partial charge in [-0.3, -0.25) is 4.79 Å². The first-order valence-electron chi connectivity index (χ1n) is 9.06. The number of carbonyl (C=O) groups is 2. The Morgan fingerprint density at radius 2 is 2.00 bits per heavy atom. The van der Waals surface area contributed by atoms with Gasteiger partial charge in [-0.25, -0.2) is 4.79 Å². The maximum Gasteiger partial charge on any atom is 0.337 e. The number of nitrogens with one attached hydrogen (secondary N) is 2. The summed E-state index contributed by atoms with van der Waals surface area (Å²) in [7, 11) is 1.34. The lowest BCUT2D eigenvalue weighted by Crippen LogP contribution is -2.38. The van der Waals surface area contributed by atoms with Crippen molar-refractivity contribution < 1.29 is 19.1 Å². The van der Waals surface area contributed by atoms with E-state index in [0.717, 1.165) is 25.2 Å². The van der Waals surface area contributed by atoms with Crippen LogP contribution < -0.4 is 15.5 Å². The average molecular weight is 394 g/mol. The SMILES string of the molecule is COC(=O)c1ccc(N2CCOCC2)c(NC(=S)NC(=O)CCC(C)C)c1. The van der Waals surface area contributed by atoms with E-state index in [9.17, 15) is 9.59 Å². The maximum absolute atomic E-state index is 12.0. The van der Waals surface area contributed by atoms with E-state index >= 15 is 0 Å². The van der Waals surface area contributed by atoms with Gasteiger partial charge in [0.05, 0.1) is 37.3 Å². The van der Waals surface area contributed by atoms with Crippen molar-refractivity contribution in [2.45, 2.75) is 26.7 Å². The molecule has 1 aliphatic heterocycles. The van der Waals surface area contributed by atoms with Crippen LogP contribution in [0.5, 0.6) is 0 Å². The Morgan fingerprint density at radius 1 is 1.30 bits per heavy atom. The van der Waals surface area contributed by atoms with Gasteiger partial charge < -0.3 is 25.0 Å². The molecule has 1 aromatic rings. The van der Waals surface area contributed by atoms with Gasteiger partial charge in [-0.2, -0.15) is 0 Å². The highest BCUT2D eigenvalue weighted by Gasteiger charge is 2.18. The number of thiocarbonyl (C=S) groups is 1. The van der Waals surface area contributed by atoms with Crippen LogP contribution in [0.2, 0.25) is 0 Å². The molecule has 1 saturated heterocycles. The van der Waals surface area contributed by atoms with Crippen molar-refractivity contribution in [2.24, 2.45) is 5.92 Å². The van der Waals surface area contributed by atoms with Crippen molar-refractivity contribution in [1.29, 1.82) is 0 Å². The lowest BCUT2D eigenvalue weighted by atomic mass is 10.1. The molecule has 0 radical (unpaired) electrons. The third kappa shape index (κ3) is 6.48. The van der Waals surface area contributed by atoms with Crippen molar-refractivity contribution >= 4 is 40.6 Å². The molecule has 1 heterocycles. The van der Waals surface area contributed by atoms with Crippen LogP contribution in [0, 0.1) is 5.92 Å². The first-order chi connectivity index (χ1) is 12.9. The van der Waals surface area contributed by atoms with Gasteiger partial charge in [0, 0.05) is 19.5 Å². The van der Waals surface area contributed by atoms with Gasteiger partial charge in [0.25, 0.3) is 0 Å². The zero-order valence-corrected chi connectivity index (χ0v) is 16.9. The molecule has 2 N–H and O–H groups in total. The van der Waals surface area contributed by atoms with Crippen LogP contribution in [0.4, 0.5) is 11.4 Å². The summed E-state index contributed by atoms with van der Waals surface area (Å²) in [5.74, 6) is -0.112. The molecule has 2 rings (SSSR count). The lowest BCUT2D eigenvalue weighted by Gasteiger charge is -2.31. The number of nitrogens with zero attached hydrogens (tertiary/aromatic N) is 1. The minimum atomic E-state index is -0.432. The summed E-state index contributed by atoms with van der Waals surface area (Å²) >= 11 is 5.29. The number of esters is 1. The third-order valence-corrected chi connectivity index (χ3v) is 4.42. The number of benzene rings is 1.